The number of ether oxygens (including phenoxy) is 2. The highest BCUT2D eigenvalue weighted by molar-refractivity contribution is 8.14. The molecule has 0 aromatic rings. The normalized spacial score (nSPS) is 19.0. The molecule has 1 amide bonds. The van der Waals surface area contributed by atoms with Crippen LogP contribution in [0.2, 0.25) is 0 Å². The van der Waals surface area contributed by atoms with Crippen LogP contribution in [0, 0.1) is 5.92 Å². The Labute approximate surface area is 103 Å². The van der Waals surface area contributed by atoms with Gasteiger partial charge in [-0.1, -0.05) is 11.8 Å². The SMILES string of the molecule is CCOC(=O)C(C(=O)OCC)C1CNC(=O)S1. The zero-order chi connectivity index (χ0) is 12.8. The van der Waals surface area contributed by atoms with Gasteiger partial charge in [0.1, 0.15) is 0 Å². The average Bonchev–Trinajstić information content (AvgIpc) is 2.66. The fourth-order valence-corrected chi connectivity index (χ4v) is 2.42. The molecule has 1 heterocycles. The molecule has 96 valence electrons. The van der Waals surface area contributed by atoms with E-state index in [9.17, 15) is 14.4 Å². The third kappa shape index (κ3) is 3.62. The molecule has 0 aromatic carbocycles. The second-order valence-corrected chi connectivity index (χ2v) is 4.52. The van der Waals surface area contributed by atoms with Crippen molar-refractivity contribution in [1.29, 1.82) is 0 Å². The lowest BCUT2D eigenvalue weighted by Crippen LogP contribution is -2.37. The Morgan fingerprint density at radius 1 is 1.35 bits per heavy atom. The highest BCUT2D eigenvalue weighted by atomic mass is 32.2. The molecule has 0 spiro atoms. The summed E-state index contributed by atoms with van der Waals surface area (Å²) in [4.78, 5) is 34.4. The van der Waals surface area contributed by atoms with Crippen LogP contribution in [0.4, 0.5) is 4.79 Å². The molecule has 1 fully saturated rings. The number of hydrogen-bond acceptors (Lipinski definition) is 6. The Morgan fingerprint density at radius 3 is 2.24 bits per heavy atom. The maximum Gasteiger partial charge on any atom is 0.321 e. The van der Waals surface area contributed by atoms with Crippen LogP contribution in [0.3, 0.4) is 0 Å². The number of carbonyl (C=O) groups excluding carboxylic acids is 3. The monoisotopic (exact) mass is 261 g/mol. The molecule has 1 unspecified atom stereocenters. The minimum absolute atomic E-state index is 0.188. The van der Waals surface area contributed by atoms with E-state index in [2.05, 4.69) is 5.32 Å². The first-order valence-corrected chi connectivity index (χ1v) is 6.25. The van der Waals surface area contributed by atoms with Gasteiger partial charge in [0.2, 0.25) is 0 Å². The topological polar surface area (TPSA) is 81.7 Å². The van der Waals surface area contributed by atoms with Crippen molar-refractivity contribution in [3.8, 4) is 0 Å². The summed E-state index contributed by atoms with van der Waals surface area (Å²) < 4.78 is 9.65. The van der Waals surface area contributed by atoms with E-state index in [4.69, 9.17) is 9.47 Å². The third-order valence-electron chi connectivity index (χ3n) is 2.16. The molecule has 0 bridgehead atoms. The van der Waals surface area contributed by atoms with Crippen molar-refractivity contribution in [2.75, 3.05) is 19.8 Å². The molecule has 1 aliphatic rings. The Bertz CT molecular complexity index is 302. The van der Waals surface area contributed by atoms with E-state index in [1.165, 1.54) is 0 Å². The van der Waals surface area contributed by atoms with E-state index in [-0.39, 0.29) is 25.0 Å². The van der Waals surface area contributed by atoms with Gasteiger partial charge in [0.15, 0.2) is 5.92 Å². The van der Waals surface area contributed by atoms with Crippen LogP contribution in [-0.2, 0) is 19.1 Å². The standard InChI is InChI=1S/C10H15NO5S/c1-3-15-8(12)7(9(13)16-4-2)6-5-11-10(14)17-6/h6-7H,3-5H2,1-2H3,(H,11,14). The van der Waals surface area contributed by atoms with Crippen LogP contribution >= 0.6 is 11.8 Å². The molecular weight excluding hydrogens is 246 g/mol. The first-order valence-electron chi connectivity index (χ1n) is 5.37. The summed E-state index contributed by atoms with van der Waals surface area (Å²) in [5.74, 6) is -2.32. The lowest BCUT2D eigenvalue weighted by Gasteiger charge is -2.17. The summed E-state index contributed by atoms with van der Waals surface area (Å²) in [6.07, 6.45) is 0. The zero-order valence-corrected chi connectivity index (χ0v) is 10.5. The number of amides is 1. The summed E-state index contributed by atoms with van der Waals surface area (Å²) in [6, 6.07) is 0. The minimum Gasteiger partial charge on any atom is -0.465 e. The third-order valence-corrected chi connectivity index (χ3v) is 3.26. The van der Waals surface area contributed by atoms with Crippen LogP contribution in [-0.4, -0.2) is 42.2 Å². The molecular formula is C10H15NO5S. The molecule has 1 rings (SSSR count). The molecule has 1 N–H and O–H groups in total. The van der Waals surface area contributed by atoms with Crippen molar-refractivity contribution in [3.63, 3.8) is 0 Å². The number of thioether (sulfide) groups is 1. The van der Waals surface area contributed by atoms with Gasteiger partial charge in [0.05, 0.1) is 18.5 Å². The Morgan fingerprint density at radius 2 is 1.88 bits per heavy atom. The Kier molecular flexibility index (Phi) is 5.27. The lowest BCUT2D eigenvalue weighted by atomic mass is 10.1. The molecule has 0 aliphatic carbocycles. The average molecular weight is 261 g/mol. The fraction of sp³-hybridized carbons (Fsp3) is 0.700. The van der Waals surface area contributed by atoms with Gasteiger partial charge in [-0.2, -0.15) is 0 Å². The number of nitrogens with one attached hydrogen (secondary N) is 1. The molecule has 17 heavy (non-hydrogen) atoms. The molecule has 1 aliphatic heterocycles. The summed E-state index contributed by atoms with van der Waals surface area (Å²) in [5.41, 5.74) is 0. The quantitative estimate of drug-likeness (QED) is 0.575. The smallest absolute Gasteiger partial charge is 0.321 e. The van der Waals surface area contributed by atoms with Crippen molar-refractivity contribution in [2.45, 2.75) is 19.1 Å². The Balaban J connectivity index is 2.74. The Hall–Kier alpha value is -1.24. The van der Waals surface area contributed by atoms with Crippen LogP contribution in [0.25, 0.3) is 0 Å². The molecule has 0 aromatic heterocycles. The van der Waals surface area contributed by atoms with E-state index < -0.39 is 23.1 Å². The van der Waals surface area contributed by atoms with Crippen molar-refractivity contribution in [2.24, 2.45) is 5.92 Å². The van der Waals surface area contributed by atoms with Gasteiger partial charge >= 0.3 is 11.9 Å². The van der Waals surface area contributed by atoms with Crippen LogP contribution < -0.4 is 5.32 Å². The predicted octanol–water partition coefficient (Wildman–Crippen LogP) is 0.554. The number of rotatable bonds is 5. The molecule has 1 saturated heterocycles. The van der Waals surface area contributed by atoms with Crippen LogP contribution in [0.15, 0.2) is 0 Å². The number of carbonyl (C=O) groups is 3. The largest absolute Gasteiger partial charge is 0.465 e. The first kappa shape index (κ1) is 13.8. The summed E-state index contributed by atoms with van der Waals surface area (Å²) in [7, 11) is 0. The molecule has 0 radical (unpaired) electrons. The summed E-state index contributed by atoms with van der Waals surface area (Å²) >= 11 is 0.930. The van der Waals surface area contributed by atoms with Gasteiger partial charge in [-0.05, 0) is 13.8 Å². The van der Waals surface area contributed by atoms with Crippen molar-refractivity contribution >= 4 is 28.9 Å². The number of hydrogen-bond donors (Lipinski definition) is 1. The molecule has 0 saturated carbocycles. The highest BCUT2D eigenvalue weighted by Crippen LogP contribution is 2.27. The summed E-state index contributed by atoms with van der Waals surface area (Å²) in [6.45, 7) is 3.96. The van der Waals surface area contributed by atoms with E-state index >= 15 is 0 Å². The van der Waals surface area contributed by atoms with Crippen molar-refractivity contribution in [1.82, 2.24) is 5.32 Å². The van der Waals surface area contributed by atoms with E-state index in [1.807, 2.05) is 0 Å². The van der Waals surface area contributed by atoms with Gasteiger partial charge in [-0.25, -0.2) is 0 Å². The van der Waals surface area contributed by atoms with Crippen LogP contribution in [0.1, 0.15) is 13.8 Å². The van der Waals surface area contributed by atoms with Crippen molar-refractivity contribution < 1.29 is 23.9 Å². The highest BCUT2D eigenvalue weighted by Gasteiger charge is 2.41. The molecule has 1 atom stereocenters. The van der Waals surface area contributed by atoms with Crippen LogP contribution in [0.5, 0.6) is 0 Å². The zero-order valence-electron chi connectivity index (χ0n) is 9.73. The van der Waals surface area contributed by atoms with E-state index in [0.29, 0.717) is 0 Å². The maximum absolute atomic E-state index is 11.7. The second-order valence-electron chi connectivity index (χ2n) is 3.31. The fourth-order valence-electron chi connectivity index (χ4n) is 1.45. The van der Waals surface area contributed by atoms with Gasteiger partial charge in [-0.15, -0.1) is 0 Å². The lowest BCUT2D eigenvalue weighted by molar-refractivity contribution is -0.161. The summed E-state index contributed by atoms with van der Waals surface area (Å²) in [5, 5.41) is 1.85. The predicted molar refractivity (Wildman–Crippen MR) is 61.5 cm³/mol. The first-order chi connectivity index (χ1) is 8.10. The molecule has 6 nitrogen and oxygen atoms in total. The minimum atomic E-state index is -1.04. The van der Waals surface area contributed by atoms with Gasteiger partial charge < -0.3 is 14.8 Å². The van der Waals surface area contributed by atoms with Gasteiger partial charge in [0.25, 0.3) is 5.24 Å². The van der Waals surface area contributed by atoms with Crippen molar-refractivity contribution in [3.05, 3.63) is 0 Å². The molecule has 7 heteroatoms. The number of esters is 2. The van der Waals surface area contributed by atoms with E-state index in [1.54, 1.807) is 13.8 Å². The van der Waals surface area contributed by atoms with Gasteiger partial charge in [0, 0.05) is 6.54 Å². The van der Waals surface area contributed by atoms with Gasteiger partial charge in [-0.3, -0.25) is 14.4 Å². The second kappa shape index (κ2) is 6.48. The maximum atomic E-state index is 11.7. The van der Waals surface area contributed by atoms with E-state index in [0.717, 1.165) is 11.8 Å².